The Morgan fingerprint density at radius 2 is 1.56 bits per heavy atom. The number of ether oxygens (including phenoxy) is 3. The number of esters is 2. The molecule has 2 saturated heterocycles. The molecule has 6 aliphatic rings. The molecule has 0 aromatic heterocycles. The summed E-state index contributed by atoms with van der Waals surface area (Å²) in [5, 5.41) is 0. The van der Waals surface area contributed by atoms with Crippen LogP contribution < -0.4 is 0 Å². The maximum absolute atomic E-state index is 12.5. The number of hydrogen-bond acceptors (Lipinski definition) is 7. The minimum Gasteiger partial charge on any atom is -0.461 e. The fourth-order valence-electron chi connectivity index (χ4n) is 11.1. The number of nitrogens with zero attached hydrogens (tertiary/aromatic N) is 2. The van der Waals surface area contributed by atoms with Crippen LogP contribution in [0.4, 0.5) is 0 Å². The smallest absolute Gasteiger partial charge is 0.303 e. The number of rotatable bonds is 4. The first kappa shape index (κ1) is 28.0. The van der Waals surface area contributed by atoms with Crippen molar-refractivity contribution in [3.63, 3.8) is 0 Å². The van der Waals surface area contributed by atoms with Gasteiger partial charge in [0.1, 0.15) is 11.7 Å². The molecule has 4 aliphatic carbocycles. The second-order valence-electron chi connectivity index (χ2n) is 14.6. The van der Waals surface area contributed by atoms with E-state index in [9.17, 15) is 9.59 Å². The summed E-state index contributed by atoms with van der Waals surface area (Å²) in [7, 11) is 0. The van der Waals surface area contributed by atoms with Crippen LogP contribution in [0, 0.1) is 34.5 Å². The van der Waals surface area contributed by atoms with Crippen molar-refractivity contribution in [2.75, 3.05) is 39.4 Å². The van der Waals surface area contributed by atoms with Gasteiger partial charge in [-0.1, -0.05) is 13.8 Å². The summed E-state index contributed by atoms with van der Waals surface area (Å²) in [6, 6.07) is 0.599. The van der Waals surface area contributed by atoms with Gasteiger partial charge >= 0.3 is 11.9 Å². The molecule has 220 valence electrons. The Balaban J connectivity index is 1.30. The highest BCUT2D eigenvalue weighted by molar-refractivity contribution is 5.67. The van der Waals surface area contributed by atoms with E-state index in [2.05, 4.69) is 30.6 Å². The molecule has 0 spiro atoms. The van der Waals surface area contributed by atoms with Crippen LogP contribution in [0.1, 0.15) is 92.4 Å². The lowest BCUT2D eigenvalue weighted by Gasteiger charge is -2.63. The van der Waals surface area contributed by atoms with Crippen LogP contribution in [0.3, 0.4) is 0 Å². The maximum atomic E-state index is 12.5. The van der Waals surface area contributed by atoms with E-state index in [1.54, 1.807) is 13.8 Å². The first-order valence-electron chi connectivity index (χ1n) is 16.0. The minimum absolute atomic E-state index is 0.00877. The van der Waals surface area contributed by atoms with E-state index in [1.807, 2.05) is 0 Å². The van der Waals surface area contributed by atoms with Gasteiger partial charge in [0.2, 0.25) is 0 Å². The molecule has 0 amide bonds. The van der Waals surface area contributed by atoms with E-state index in [4.69, 9.17) is 14.2 Å². The van der Waals surface area contributed by atoms with Crippen molar-refractivity contribution in [1.82, 2.24) is 9.80 Å². The minimum atomic E-state index is -0.431. The van der Waals surface area contributed by atoms with Crippen LogP contribution >= 0.6 is 0 Å². The Labute approximate surface area is 235 Å². The second-order valence-corrected chi connectivity index (χ2v) is 14.6. The molecule has 0 radical (unpaired) electrons. The van der Waals surface area contributed by atoms with Crippen molar-refractivity contribution in [1.29, 1.82) is 0 Å². The second kappa shape index (κ2) is 10.3. The van der Waals surface area contributed by atoms with Gasteiger partial charge in [-0.15, -0.1) is 0 Å². The third-order valence-corrected chi connectivity index (χ3v) is 13.1. The molecule has 6 fully saturated rings. The van der Waals surface area contributed by atoms with E-state index in [-0.39, 0.29) is 34.9 Å². The topological polar surface area (TPSA) is 68.3 Å². The lowest BCUT2D eigenvalue weighted by atomic mass is 9.44. The van der Waals surface area contributed by atoms with E-state index >= 15 is 0 Å². The van der Waals surface area contributed by atoms with Crippen molar-refractivity contribution in [3.05, 3.63) is 0 Å². The Hall–Kier alpha value is -1.18. The zero-order valence-electron chi connectivity index (χ0n) is 25.1. The summed E-state index contributed by atoms with van der Waals surface area (Å²) in [6.45, 7) is 16.2. The first-order chi connectivity index (χ1) is 18.6. The predicted molar refractivity (Wildman–Crippen MR) is 149 cm³/mol. The number of hydrogen-bond donors (Lipinski definition) is 0. The molecule has 6 rings (SSSR count). The van der Waals surface area contributed by atoms with Gasteiger partial charge in [-0.2, -0.15) is 0 Å². The molecule has 4 saturated carbocycles. The quantitative estimate of drug-likeness (QED) is 0.477. The van der Waals surface area contributed by atoms with Crippen molar-refractivity contribution in [3.8, 4) is 0 Å². The molecular weight excluding hydrogens is 492 g/mol. The summed E-state index contributed by atoms with van der Waals surface area (Å²) in [5.41, 5.74) is -0.178. The first-order valence-corrected chi connectivity index (χ1v) is 16.0. The Morgan fingerprint density at radius 1 is 0.846 bits per heavy atom. The zero-order valence-corrected chi connectivity index (χ0v) is 25.1. The zero-order chi connectivity index (χ0) is 27.6. The van der Waals surface area contributed by atoms with Gasteiger partial charge in [-0.25, -0.2) is 0 Å². The van der Waals surface area contributed by atoms with Gasteiger partial charge < -0.3 is 14.2 Å². The van der Waals surface area contributed by atoms with Gasteiger partial charge in [0, 0.05) is 38.4 Å². The fourth-order valence-corrected chi connectivity index (χ4v) is 11.1. The standard InChI is InChI=1S/C32H52N2O5/c1-21(35)38-28-18-23-8-9-24-25(30(23,3)20-27(28)33-14-16-37-17-15-33)10-11-31(4)26(24)19-29(34-12-6-7-13-34)32(31,5)39-22(2)36/h23-29H,6-20H2,1-5H3/t23-,24?,25?,26?,27-,28-,29-,30-,31-,32+/m0/s1. The molecule has 2 aliphatic heterocycles. The lowest BCUT2D eigenvalue weighted by molar-refractivity contribution is -0.198. The summed E-state index contributed by atoms with van der Waals surface area (Å²) in [6.07, 6.45) is 10.6. The molecule has 39 heavy (non-hydrogen) atoms. The molecule has 0 aromatic rings. The molecule has 10 atom stereocenters. The van der Waals surface area contributed by atoms with E-state index in [1.165, 1.54) is 32.1 Å². The molecule has 7 heteroatoms. The number of likely N-dealkylation sites (tertiary alicyclic amines) is 1. The van der Waals surface area contributed by atoms with E-state index in [0.29, 0.717) is 29.7 Å². The molecule has 7 nitrogen and oxygen atoms in total. The van der Waals surface area contributed by atoms with Crippen molar-refractivity contribution >= 4 is 11.9 Å². The maximum Gasteiger partial charge on any atom is 0.303 e. The van der Waals surface area contributed by atoms with Crippen LogP contribution in [0.2, 0.25) is 0 Å². The van der Waals surface area contributed by atoms with Crippen LogP contribution in [0.5, 0.6) is 0 Å². The normalized spacial score (nSPS) is 48.6. The summed E-state index contributed by atoms with van der Waals surface area (Å²) in [5.74, 6) is 2.25. The van der Waals surface area contributed by atoms with Gasteiger partial charge in [0.05, 0.1) is 19.3 Å². The Kier molecular flexibility index (Phi) is 7.36. The monoisotopic (exact) mass is 544 g/mol. The van der Waals surface area contributed by atoms with Gasteiger partial charge in [-0.3, -0.25) is 19.4 Å². The van der Waals surface area contributed by atoms with Crippen LogP contribution in [0.25, 0.3) is 0 Å². The van der Waals surface area contributed by atoms with Crippen molar-refractivity contribution in [2.24, 2.45) is 34.5 Å². The highest BCUT2D eigenvalue weighted by Crippen LogP contribution is 2.69. The molecule has 0 aromatic carbocycles. The largest absolute Gasteiger partial charge is 0.461 e. The van der Waals surface area contributed by atoms with Crippen molar-refractivity contribution < 1.29 is 23.8 Å². The highest BCUT2D eigenvalue weighted by Gasteiger charge is 2.69. The van der Waals surface area contributed by atoms with Crippen LogP contribution in [0.15, 0.2) is 0 Å². The average molecular weight is 545 g/mol. The number of carbonyl (C=O) groups is 2. The number of fused-ring (bicyclic) bond motifs is 5. The summed E-state index contributed by atoms with van der Waals surface area (Å²) < 4.78 is 18.1. The molecule has 2 heterocycles. The molecule has 0 N–H and O–H groups in total. The highest BCUT2D eigenvalue weighted by atomic mass is 16.6. The molecular formula is C32H52N2O5. The van der Waals surface area contributed by atoms with Crippen LogP contribution in [-0.4, -0.2) is 84.9 Å². The van der Waals surface area contributed by atoms with Gasteiger partial charge in [-0.05, 0) is 107 Å². The summed E-state index contributed by atoms with van der Waals surface area (Å²) in [4.78, 5) is 29.9. The Morgan fingerprint density at radius 3 is 2.23 bits per heavy atom. The number of morpholine rings is 1. The summed E-state index contributed by atoms with van der Waals surface area (Å²) >= 11 is 0. The van der Waals surface area contributed by atoms with E-state index in [0.717, 1.165) is 65.1 Å². The molecule has 3 unspecified atom stereocenters. The lowest BCUT2D eigenvalue weighted by Crippen LogP contribution is -2.62. The predicted octanol–water partition coefficient (Wildman–Crippen LogP) is 4.67. The van der Waals surface area contributed by atoms with E-state index < -0.39 is 5.60 Å². The third-order valence-electron chi connectivity index (χ3n) is 13.1. The fraction of sp³-hybridized carbons (Fsp3) is 0.938. The van der Waals surface area contributed by atoms with Crippen molar-refractivity contribution in [2.45, 2.75) is 116 Å². The van der Waals surface area contributed by atoms with Crippen LogP contribution in [-0.2, 0) is 23.8 Å². The Bertz CT molecular complexity index is 947. The average Bonchev–Trinajstić information content (AvgIpc) is 3.49. The third kappa shape index (κ3) is 4.48. The molecule has 0 bridgehead atoms. The van der Waals surface area contributed by atoms with Gasteiger partial charge in [0.15, 0.2) is 0 Å². The number of carbonyl (C=O) groups excluding carboxylic acids is 2. The van der Waals surface area contributed by atoms with Gasteiger partial charge in [0.25, 0.3) is 0 Å². The SMILES string of the molecule is CC(=O)O[C@H]1C[C@@H]2CCC3C4C[C@H](N5CCCC5)[C@@](C)(OC(C)=O)[C@@]4(C)CCC3[C@@]2(C)C[C@@H]1N1CCOCC1.